The molecule has 1 aromatic heterocycles. The van der Waals surface area contributed by atoms with Crippen molar-refractivity contribution in [3.8, 4) is 11.5 Å². The van der Waals surface area contributed by atoms with E-state index in [2.05, 4.69) is 15.6 Å². The smallest absolute Gasteiger partial charge is 0.490 e. The van der Waals surface area contributed by atoms with Crippen LogP contribution in [0.25, 0.3) is 10.9 Å². The SMILES string of the molecule is CCOc1cc2ncc(C(N)=O)c(Nc3cccc(CNC(=O)[C@H](N)CC(C)C)c3CC)c2cc1OCC.O=C(O)C(F)(F)F.O=C(O)C(F)(F)F. The van der Waals surface area contributed by atoms with Crippen molar-refractivity contribution in [1.82, 2.24) is 10.3 Å². The predicted molar refractivity (Wildman–Crippen MR) is 178 cm³/mol. The zero-order valence-electron chi connectivity index (χ0n) is 28.9. The fourth-order valence-electron chi connectivity index (χ4n) is 4.46. The Labute approximate surface area is 294 Å². The summed E-state index contributed by atoms with van der Waals surface area (Å²) in [4.78, 5) is 47.2. The summed E-state index contributed by atoms with van der Waals surface area (Å²) in [7, 11) is 0. The number of aliphatic carboxylic acids is 2. The van der Waals surface area contributed by atoms with E-state index in [0.29, 0.717) is 66.6 Å². The second-order valence-electron chi connectivity index (χ2n) is 11.1. The van der Waals surface area contributed by atoms with Gasteiger partial charge >= 0.3 is 24.3 Å². The summed E-state index contributed by atoms with van der Waals surface area (Å²) < 4.78 is 75.0. The number of nitrogens with one attached hydrogen (secondary N) is 2. The number of aromatic nitrogens is 1. The molecule has 0 bridgehead atoms. The Morgan fingerprint density at radius 2 is 1.42 bits per heavy atom. The molecule has 2 amide bonds. The first-order valence-electron chi connectivity index (χ1n) is 15.6. The highest BCUT2D eigenvalue weighted by atomic mass is 19.4. The number of carboxylic acids is 2. The maximum Gasteiger partial charge on any atom is 0.490 e. The van der Waals surface area contributed by atoms with Crippen molar-refractivity contribution >= 4 is 46.0 Å². The van der Waals surface area contributed by atoms with Crippen molar-refractivity contribution in [3.05, 3.63) is 53.2 Å². The number of hydrogen-bond donors (Lipinski definition) is 6. The number of halogens is 6. The number of amides is 2. The Balaban J connectivity index is 0.000000812. The Kier molecular flexibility index (Phi) is 17.1. The molecule has 0 radical (unpaired) electrons. The third-order valence-electron chi connectivity index (χ3n) is 6.69. The van der Waals surface area contributed by atoms with Gasteiger partial charge in [0, 0.05) is 29.9 Å². The number of nitrogens with zero attached hydrogens (tertiary/aromatic N) is 1. The molecule has 3 aromatic rings. The minimum absolute atomic E-state index is 0.177. The highest BCUT2D eigenvalue weighted by molar-refractivity contribution is 6.08. The Bertz CT molecular complexity index is 1680. The van der Waals surface area contributed by atoms with Gasteiger partial charge in [0.05, 0.1) is 36.0 Å². The van der Waals surface area contributed by atoms with Crippen molar-refractivity contribution < 1.29 is 65.2 Å². The molecule has 1 heterocycles. The second-order valence-corrected chi connectivity index (χ2v) is 11.1. The minimum atomic E-state index is -5.08. The van der Waals surface area contributed by atoms with Gasteiger partial charge in [-0.15, -0.1) is 0 Å². The van der Waals surface area contributed by atoms with Gasteiger partial charge in [-0.1, -0.05) is 32.9 Å². The van der Waals surface area contributed by atoms with Gasteiger partial charge in [-0.05, 0) is 55.9 Å². The number of hydrogen-bond acceptors (Lipinski definition) is 9. The molecule has 3 rings (SSSR count). The van der Waals surface area contributed by atoms with Crippen LogP contribution in [0, 0.1) is 5.92 Å². The Hall–Kier alpha value is -5.33. The molecule has 0 fully saturated rings. The third kappa shape index (κ3) is 13.8. The summed E-state index contributed by atoms with van der Waals surface area (Å²) in [5, 5.41) is 21.3. The lowest BCUT2D eigenvalue weighted by atomic mass is 10.0. The van der Waals surface area contributed by atoms with E-state index in [9.17, 15) is 35.9 Å². The van der Waals surface area contributed by atoms with Crippen molar-refractivity contribution in [2.75, 3.05) is 18.5 Å². The van der Waals surface area contributed by atoms with Gasteiger partial charge in [-0.2, -0.15) is 26.3 Å². The van der Waals surface area contributed by atoms with E-state index in [1.165, 1.54) is 6.20 Å². The molecule has 8 N–H and O–H groups in total. The fourth-order valence-corrected chi connectivity index (χ4v) is 4.46. The molecule has 13 nitrogen and oxygen atoms in total. The lowest BCUT2D eigenvalue weighted by Crippen LogP contribution is -2.41. The lowest BCUT2D eigenvalue weighted by molar-refractivity contribution is -0.193. The van der Waals surface area contributed by atoms with E-state index in [1.54, 1.807) is 6.07 Å². The molecule has 0 saturated heterocycles. The van der Waals surface area contributed by atoms with E-state index in [4.69, 9.17) is 40.7 Å². The first-order chi connectivity index (χ1) is 24.1. The average Bonchev–Trinajstić information content (AvgIpc) is 3.03. The van der Waals surface area contributed by atoms with Crippen LogP contribution in [0.2, 0.25) is 0 Å². The Morgan fingerprint density at radius 1 is 0.904 bits per heavy atom. The zero-order valence-corrected chi connectivity index (χ0v) is 28.9. The number of pyridine rings is 1. The summed E-state index contributed by atoms with van der Waals surface area (Å²) in [6.45, 7) is 11.2. The molecule has 0 saturated carbocycles. The number of anilines is 2. The monoisotopic (exact) mass is 749 g/mol. The van der Waals surface area contributed by atoms with Gasteiger partial charge in [0.1, 0.15) is 0 Å². The summed E-state index contributed by atoms with van der Waals surface area (Å²) in [6.07, 6.45) is -7.39. The predicted octanol–water partition coefficient (Wildman–Crippen LogP) is 5.69. The van der Waals surface area contributed by atoms with Crippen LogP contribution in [-0.2, 0) is 27.3 Å². The van der Waals surface area contributed by atoms with E-state index in [1.807, 2.05) is 58.9 Å². The van der Waals surface area contributed by atoms with E-state index < -0.39 is 36.2 Å². The number of nitrogens with two attached hydrogens (primary N) is 2. The van der Waals surface area contributed by atoms with Crippen LogP contribution in [0.15, 0.2) is 36.5 Å². The molecule has 1 atom stereocenters. The standard InChI is InChI=1S/C29H39N5O4.2C2HF3O2/c1-6-19-18(15-33-29(36)22(30)12-17(4)5)10-9-11-23(19)34-27-20-13-25(37-7-2)26(38-8-3)14-24(20)32-16-21(27)28(31)35;2*3-2(4,5)1(6)7/h9-11,13-14,16-17,22H,6-8,12,15,30H2,1-5H3,(H2,31,35)(H,32,34)(H,33,36);2*(H,6,7)/t22-;;/m1../s1. The normalized spacial score (nSPS) is 11.7. The van der Waals surface area contributed by atoms with Gasteiger partial charge in [0.2, 0.25) is 5.91 Å². The number of benzene rings is 2. The first-order valence-corrected chi connectivity index (χ1v) is 15.6. The molecule has 0 spiro atoms. The number of alkyl halides is 6. The Morgan fingerprint density at radius 3 is 1.87 bits per heavy atom. The molecule has 0 aliphatic rings. The first kappa shape index (κ1) is 44.7. The summed E-state index contributed by atoms with van der Waals surface area (Å²) >= 11 is 0. The highest BCUT2D eigenvalue weighted by Crippen LogP contribution is 2.38. The molecular formula is C33H41F6N5O8. The summed E-state index contributed by atoms with van der Waals surface area (Å²) in [6, 6.07) is 8.88. The molecular weight excluding hydrogens is 708 g/mol. The molecule has 19 heteroatoms. The van der Waals surface area contributed by atoms with Crippen LogP contribution < -0.4 is 31.6 Å². The van der Waals surface area contributed by atoms with Crippen LogP contribution in [0.3, 0.4) is 0 Å². The number of fused-ring (bicyclic) bond motifs is 1. The molecule has 52 heavy (non-hydrogen) atoms. The van der Waals surface area contributed by atoms with Crippen molar-refractivity contribution in [3.63, 3.8) is 0 Å². The van der Waals surface area contributed by atoms with Crippen LogP contribution in [0.1, 0.15) is 62.5 Å². The summed E-state index contributed by atoms with van der Waals surface area (Å²) in [5.74, 6) is -4.83. The van der Waals surface area contributed by atoms with Gasteiger partial charge < -0.3 is 41.8 Å². The minimum Gasteiger partial charge on any atom is -0.490 e. The maximum atomic E-state index is 12.5. The summed E-state index contributed by atoms with van der Waals surface area (Å²) in [5.41, 5.74) is 16.0. The van der Waals surface area contributed by atoms with E-state index >= 15 is 0 Å². The average molecular weight is 750 g/mol. The number of ether oxygens (including phenoxy) is 2. The zero-order chi connectivity index (χ0) is 40.0. The molecule has 2 aromatic carbocycles. The molecule has 288 valence electrons. The van der Waals surface area contributed by atoms with E-state index in [0.717, 1.165) is 16.8 Å². The van der Waals surface area contributed by atoms with Crippen LogP contribution >= 0.6 is 0 Å². The van der Waals surface area contributed by atoms with Crippen molar-refractivity contribution in [2.24, 2.45) is 17.4 Å². The van der Waals surface area contributed by atoms with Crippen LogP contribution in [0.5, 0.6) is 11.5 Å². The number of carbonyl (C=O) groups is 4. The van der Waals surface area contributed by atoms with Crippen molar-refractivity contribution in [2.45, 2.75) is 72.4 Å². The van der Waals surface area contributed by atoms with E-state index in [-0.39, 0.29) is 11.5 Å². The number of primary amides is 1. The van der Waals surface area contributed by atoms with Crippen molar-refractivity contribution in [1.29, 1.82) is 0 Å². The largest absolute Gasteiger partial charge is 0.490 e. The molecule has 0 unspecified atom stereocenters. The van der Waals surface area contributed by atoms with Crippen LogP contribution in [0.4, 0.5) is 37.7 Å². The fraction of sp³-hybridized carbons (Fsp3) is 0.424. The lowest BCUT2D eigenvalue weighted by Gasteiger charge is -2.20. The number of rotatable bonds is 13. The topological polar surface area (TPSA) is 216 Å². The van der Waals surface area contributed by atoms with Crippen LogP contribution in [-0.4, -0.2) is 70.6 Å². The number of carboxylic acid groups (broad SMARTS) is 2. The number of carbonyl (C=O) groups excluding carboxylic acids is 2. The second kappa shape index (κ2) is 19.9. The quantitative estimate of drug-likeness (QED) is 0.117. The maximum absolute atomic E-state index is 12.5. The third-order valence-corrected chi connectivity index (χ3v) is 6.69. The molecule has 0 aliphatic heterocycles. The van der Waals surface area contributed by atoms with Gasteiger partial charge in [0.15, 0.2) is 11.5 Å². The molecule has 0 aliphatic carbocycles. The highest BCUT2D eigenvalue weighted by Gasteiger charge is 2.39. The van der Waals surface area contributed by atoms with Gasteiger partial charge in [0.25, 0.3) is 5.91 Å². The van der Waals surface area contributed by atoms with Gasteiger partial charge in [-0.25, -0.2) is 9.59 Å². The van der Waals surface area contributed by atoms with Gasteiger partial charge in [-0.3, -0.25) is 14.6 Å².